The van der Waals surface area contributed by atoms with Crippen molar-refractivity contribution in [3.63, 3.8) is 0 Å². The number of urea groups is 1. The highest BCUT2D eigenvalue weighted by molar-refractivity contribution is 7.13. The van der Waals surface area contributed by atoms with E-state index in [9.17, 15) is 9.59 Å². The number of carbonyl (C=O) groups excluding carboxylic acids is 2. The van der Waals surface area contributed by atoms with Crippen LogP contribution in [-0.2, 0) is 4.79 Å². The maximum atomic E-state index is 12.0. The minimum atomic E-state index is -0.372. The summed E-state index contributed by atoms with van der Waals surface area (Å²) >= 11 is 1.34. The standard InChI is InChI=1S/C22H16N6O4S/c29-12-24-20-16(7-9-31-20)19-26-17-6-5-15(11-18(17)27-19)32-14-3-1-13(2-4-14)25-21(30)28-22-23-8-10-33-22/h1-12H,(H,24,29)(H,26,27)(H2,23,25,28,30). The van der Waals surface area contributed by atoms with E-state index in [0.29, 0.717) is 46.0 Å². The molecule has 10 nitrogen and oxygen atoms in total. The summed E-state index contributed by atoms with van der Waals surface area (Å²) in [5.74, 6) is 2.09. The number of aromatic nitrogens is 3. The largest absolute Gasteiger partial charge is 0.457 e. The number of fused-ring (bicyclic) bond motifs is 1. The molecule has 33 heavy (non-hydrogen) atoms. The van der Waals surface area contributed by atoms with E-state index < -0.39 is 0 Å². The molecule has 0 aliphatic carbocycles. The van der Waals surface area contributed by atoms with E-state index in [-0.39, 0.29) is 6.03 Å². The highest BCUT2D eigenvalue weighted by atomic mass is 32.1. The second kappa shape index (κ2) is 8.85. The van der Waals surface area contributed by atoms with Crippen molar-refractivity contribution in [1.29, 1.82) is 0 Å². The van der Waals surface area contributed by atoms with Crippen LogP contribution in [0.5, 0.6) is 11.5 Å². The zero-order valence-electron chi connectivity index (χ0n) is 16.9. The second-order valence-corrected chi connectivity index (χ2v) is 7.63. The number of furan rings is 1. The molecule has 0 radical (unpaired) electrons. The molecule has 0 unspecified atom stereocenters. The number of ether oxygens (including phenoxy) is 1. The van der Waals surface area contributed by atoms with Gasteiger partial charge in [0.15, 0.2) is 5.13 Å². The summed E-state index contributed by atoms with van der Waals surface area (Å²) < 4.78 is 11.2. The Bertz CT molecular complexity index is 1410. The van der Waals surface area contributed by atoms with Crippen LogP contribution in [0.3, 0.4) is 0 Å². The Morgan fingerprint density at radius 1 is 1.09 bits per heavy atom. The van der Waals surface area contributed by atoms with E-state index in [0.717, 1.165) is 11.0 Å². The third-order valence-corrected chi connectivity index (χ3v) is 5.25. The van der Waals surface area contributed by atoms with E-state index in [1.165, 1.54) is 17.6 Å². The number of rotatable bonds is 7. The molecule has 3 heterocycles. The van der Waals surface area contributed by atoms with Crippen molar-refractivity contribution in [2.24, 2.45) is 0 Å². The molecule has 164 valence electrons. The van der Waals surface area contributed by atoms with Gasteiger partial charge >= 0.3 is 6.03 Å². The third-order valence-electron chi connectivity index (χ3n) is 4.56. The van der Waals surface area contributed by atoms with Crippen molar-refractivity contribution in [3.8, 4) is 22.9 Å². The first kappa shape index (κ1) is 20.3. The first-order valence-corrected chi connectivity index (χ1v) is 10.6. The average Bonchev–Trinajstić information content (AvgIpc) is 3.56. The SMILES string of the molecule is O=CNc1occc1-c1nc2ccc(Oc3ccc(NC(=O)Nc4nccs4)cc3)cc2[nH]1. The van der Waals surface area contributed by atoms with Gasteiger partial charge < -0.3 is 19.5 Å². The van der Waals surface area contributed by atoms with Crippen LogP contribution >= 0.6 is 11.3 Å². The smallest absolute Gasteiger partial charge is 0.325 e. The topological polar surface area (TPSA) is 134 Å². The predicted octanol–water partition coefficient (Wildman–Crippen LogP) is 5.28. The van der Waals surface area contributed by atoms with Gasteiger partial charge in [-0.2, -0.15) is 0 Å². The van der Waals surface area contributed by atoms with Gasteiger partial charge in [0.1, 0.15) is 17.3 Å². The van der Waals surface area contributed by atoms with Crippen molar-refractivity contribution in [1.82, 2.24) is 15.0 Å². The number of H-pyrrole nitrogens is 1. The highest BCUT2D eigenvalue weighted by Gasteiger charge is 2.13. The first-order chi connectivity index (χ1) is 16.2. The number of nitrogens with one attached hydrogen (secondary N) is 4. The molecule has 0 fully saturated rings. The monoisotopic (exact) mass is 460 g/mol. The first-order valence-electron chi connectivity index (χ1n) is 9.71. The summed E-state index contributed by atoms with van der Waals surface area (Å²) in [4.78, 5) is 34.5. The lowest BCUT2D eigenvalue weighted by molar-refractivity contribution is -0.105. The van der Waals surface area contributed by atoms with Gasteiger partial charge in [0.2, 0.25) is 12.3 Å². The van der Waals surface area contributed by atoms with Crippen LogP contribution in [0, 0.1) is 0 Å². The molecule has 0 spiro atoms. The molecule has 0 aliphatic heterocycles. The van der Waals surface area contributed by atoms with E-state index in [2.05, 4.69) is 30.9 Å². The Kier molecular flexibility index (Phi) is 5.43. The number of thiazole rings is 1. The predicted molar refractivity (Wildman–Crippen MR) is 125 cm³/mol. The van der Waals surface area contributed by atoms with E-state index in [1.807, 2.05) is 12.1 Å². The lowest BCUT2D eigenvalue weighted by atomic mass is 10.3. The molecule has 11 heteroatoms. The molecule has 2 aromatic carbocycles. The van der Waals surface area contributed by atoms with Crippen molar-refractivity contribution < 1.29 is 18.7 Å². The van der Waals surface area contributed by atoms with E-state index >= 15 is 0 Å². The summed E-state index contributed by atoms with van der Waals surface area (Å²) in [5.41, 5.74) is 2.76. The fourth-order valence-electron chi connectivity index (χ4n) is 3.13. The molecule has 0 atom stereocenters. The minimum absolute atomic E-state index is 0.314. The number of hydrogen-bond acceptors (Lipinski definition) is 7. The average molecular weight is 460 g/mol. The van der Waals surface area contributed by atoms with Crippen LogP contribution in [-0.4, -0.2) is 27.4 Å². The summed E-state index contributed by atoms with van der Waals surface area (Å²) in [7, 11) is 0. The zero-order chi connectivity index (χ0) is 22.6. The van der Waals surface area contributed by atoms with Gasteiger partial charge in [0, 0.05) is 23.3 Å². The maximum Gasteiger partial charge on any atom is 0.325 e. The second-order valence-electron chi connectivity index (χ2n) is 6.73. The molecule has 0 bridgehead atoms. The molecule has 5 aromatic rings. The quantitative estimate of drug-likeness (QED) is 0.244. The Labute approximate surface area is 190 Å². The number of hydrogen-bond donors (Lipinski definition) is 4. The third kappa shape index (κ3) is 4.52. The number of carbonyl (C=O) groups is 2. The molecule has 0 saturated heterocycles. The van der Waals surface area contributed by atoms with Crippen LogP contribution < -0.4 is 20.7 Å². The number of imidazole rings is 1. The molecule has 5 rings (SSSR count). The van der Waals surface area contributed by atoms with Gasteiger partial charge in [-0.15, -0.1) is 11.3 Å². The van der Waals surface area contributed by atoms with Crippen molar-refractivity contribution in [3.05, 3.63) is 66.4 Å². The summed E-state index contributed by atoms with van der Waals surface area (Å²) in [5, 5.41) is 10.2. The molecule has 4 N–H and O–H groups in total. The van der Waals surface area contributed by atoms with E-state index in [1.54, 1.807) is 48.0 Å². The highest BCUT2D eigenvalue weighted by Crippen LogP contribution is 2.31. The summed E-state index contributed by atoms with van der Waals surface area (Å²) in [6, 6.07) is 13.8. The zero-order valence-corrected chi connectivity index (χ0v) is 17.7. The number of amides is 3. The summed E-state index contributed by atoms with van der Waals surface area (Å²) in [6.07, 6.45) is 3.64. The van der Waals surface area contributed by atoms with E-state index in [4.69, 9.17) is 9.15 Å². The van der Waals surface area contributed by atoms with Gasteiger partial charge in [-0.1, -0.05) is 0 Å². The Balaban J connectivity index is 1.27. The van der Waals surface area contributed by atoms with Crippen LogP contribution in [0.1, 0.15) is 0 Å². The lowest BCUT2D eigenvalue weighted by Gasteiger charge is -2.08. The number of anilines is 3. The Morgan fingerprint density at radius 2 is 1.94 bits per heavy atom. The van der Waals surface area contributed by atoms with Crippen molar-refractivity contribution >= 4 is 51.5 Å². The summed E-state index contributed by atoms with van der Waals surface area (Å²) in [6.45, 7) is 0. The maximum absolute atomic E-state index is 12.0. The van der Waals surface area contributed by atoms with Gasteiger partial charge in [0.05, 0.1) is 22.9 Å². The Hall–Kier alpha value is -4.64. The number of aromatic amines is 1. The molecule has 3 amide bonds. The van der Waals surface area contributed by atoms with Crippen molar-refractivity contribution in [2.45, 2.75) is 0 Å². The lowest BCUT2D eigenvalue weighted by Crippen LogP contribution is -2.19. The molecular weight excluding hydrogens is 444 g/mol. The number of benzene rings is 2. The minimum Gasteiger partial charge on any atom is -0.457 e. The molecule has 0 saturated carbocycles. The normalized spacial score (nSPS) is 10.7. The van der Waals surface area contributed by atoms with Crippen LogP contribution in [0.25, 0.3) is 22.4 Å². The fraction of sp³-hybridized carbons (Fsp3) is 0. The molecular formula is C22H16N6O4S. The van der Waals surface area contributed by atoms with Crippen LogP contribution in [0.2, 0.25) is 0 Å². The van der Waals surface area contributed by atoms with Crippen LogP contribution in [0.15, 0.2) is 70.8 Å². The number of nitrogens with zero attached hydrogens (tertiary/aromatic N) is 2. The Morgan fingerprint density at radius 3 is 2.73 bits per heavy atom. The van der Waals surface area contributed by atoms with Gasteiger partial charge in [-0.3, -0.25) is 15.4 Å². The van der Waals surface area contributed by atoms with Gasteiger partial charge in [-0.05, 0) is 42.5 Å². The van der Waals surface area contributed by atoms with Gasteiger partial charge in [0.25, 0.3) is 0 Å². The van der Waals surface area contributed by atoms with Crippen molar-refractivity contribution in [2.75, 3.05) is 16.0 Å². The molecule has 3 aromatic heterocycles. The fourth-order valence-corrected chi connectivity index (χ4v) is 3.65. The molecule has 0 aliphatic rings. The van der Waals surface area contributed by atoms with Crippen LogP contribution in [0.4, 0.5) is 21.5 Å². The van der Waals surface area contributed by atoms with Gasteiger partial charge in [-0.25, -0.2) is 14.8 Å².